The molecule has 3 heterocycles. The van der Waals surface area contributed by atoms with E-state index in [0.29, 0.717) is 22.9 Å². The van der Waals surface area contributed by atoms with E-state index in [4.69, 9.17) is 4.52 Å². The molecule has 1 aromatic carbocycles. The molecule has 26 heavy (non-hydrogen) atoms. The number of fused-ring (bicyclic) bond motifs is 3. The van der Waals surface area contributed by atoms with Crippen LogP contribution in [0.1, 0.15) is 46.6 Å². The maximum Gasteiger partial charge on any atom is 0.278 e. The van der Waals surface area contributed by atoms with E-state index in [-0.39, 0.29) is 17.0 Å². The third kappa shape index (κ3) is 2.34. The van der Waals surface area contributed by atoms with Crippen molar-refractivity contribution in [2.24, 2.45) is 0 Å². The minimum Gasteiger partial charge on any atom is -0.338 e. The van der Waals surface area contributed by atoms with Crippen LogP contribution in [-0.4, -0.2) is 24.1 Å². The van der Waals surface area contributed by atoms with E-state index in [1.54, 1.807) is 15.3 Å². The predicted molar refractivity (Wildman–Crippen MR) is 99.3 cm³/mol. The van der Waals surface area contributed by atoms with Gasteiger partial charge in [-0.05, 0) is 26.0 Å². The van der Waals surface area contributed by atoms with Crippen LogP contribution in [-0.2, 0) is 5.41 Å². The molecule has 134 valence electrons. The first-order valence-electron chi connectivity index (χ1n) is 8.64. The lowest BCUT2D eigenvalue weighted by atomic mass is 9.97. The fourth-order valence-corrected chi connectivity index (χ4v) is 3.13. The number of para-hydroxylation sites is 2. The van der Waals surface area contributed by atoms with E-state index in [9.17, 15) is 4.79 Å². The van der Waals surface area contributed by atoms with Crippen LogP contribution in [0.25, 0.3) is 28.1 Å². The third-order valence-corrected chi connectivity index (χ3v) is 4.39. The van der Waals surface area contributed by atoms with Gasteiger partial charge in [-0.1, -0.05) is 38.1 Å². The molecule has 0 aliphatic rings. The van der Waals surface area contributed by atoms with Gasteiger partial charge in [-0.3, -0.25) is 9.20 Å². The Morgan fingerprint density at radius 1 is 1.12 bits per heavy atom. The maximum atomic E-state index is 13.3. The molecule has 3 aromatic heterocycles. The number of aromatic nitrogens is 5. The van der Waals surface area contributed by atoms with Gasteiger partial charge in [0.25, 0.3) is 5.56 Å². The summed E-state index contributed by atoms with van der Waals surface area (Å²) in [4.78, 5) is 22.2. The number of imidazole rings is 1. The van der Waals surface area contributed by atoms with Crippen molar-refractivity contribution in [3.8, 4) is 11.5 Å². The molecule has 0 N–H and O–H groups in total. The van der Waals surface area contributed by atoms with Gasteiger partial charge >= 0.3 is 0 Å². The van der Waals surface area contributed by atoms with Crippen LogP contribution in [0.15, 0.2) is 39.9 Å². The highest BCUT2D eigenvalue weighted by Crippen LogP contribution is 2.26. The second-order valence-corrected chi connectivity index (χ2v) is 7.74. The number of nitrogens with zero attached hydrogens (tertiary/aromatic N) is 5. The fourth-order valence-electron chi connectivity index (χ4n) is 3.13. The molecule has 0 spiro atoms. The molecule has 0 unspecified atom stereocenters. The highest BCUT2D eigenvalue weighted by molar-refractivity contribution is 5.83. The summed E-state index contributed by atoms with van der Waals surface area (Å²) in [5.41, 5.74) is 2.29. The van der Waals surface area contributed by atoms with E-state index in [0.717, 1.165) is 11.0 Å². The van der Waals surface area contributed by atoms with Crippen LogP contribution in [0.2, 0.25) is 0 Å². The van der Waals surface area contributed by atoms with Gasteiger partial charge in [-0.25, -0.2) is 4.98 Å². The molecule has 0 radical (unpaired) electrons. The van der Waals surface area contributed by atoms with Gasteiger partial charge in [0.1, 0.15) is 17.5 Å². The van der Waals surface area contributed by atoms with Crippen LogP contribution in [0.4, 0.5) is 0 Å². The van der Waals surface area contributed by atoms with Crippen LogP contribution in [0.5, 0.6) is 0 Å². The predicted octanol–water partition coefficient (Wildman–Crippen LogP) is 3.58. The molecule has 0 atom stereocenters. The van der Waals surface area contributed by atoms with Crippen LogP contribution >= 0.6 is 0 Å². The molecule has 0 saturated heterocycles. The lowest BCUT2D eigenvalue weighted by Crippen LogP contribution is -2.24. The van der Waals surface area contributed by atoms with Crippen molar-refractivity contribution in [2.45, 2.75) is 46.1 Å². The fraction of sp³-hybridized carbons (Fsp3) is 0.368. The van der Waals surface area contributed by atoms with Crippen molar-refractivity contribution in [2.75, 3.05) is 0 Å². The van der Waals surface area contributed by atoms with E-state index < -0.39 is 0 Å². The zero-order valence-corrected chi connectivity index (χ0v) is 15.5. The Labute approximate surface area is 150 Å². The first-order valence-corrected chi connectivity index (χ1v) is 8.64. The molecule has 0 aliphatic carbocycles. The van der Waals surface area contributed by atoms with Gasteiger partial charge in [0.2, 0.25) is 11.7 Å². The lowest BCUT2D eigenvalue weighted by molar-refractivity contribution is 0.321. The lowest BCUT2D eigenvalue weighted by Gasteiger charge is -2.15. The molecule has 0 bridgehead atoms. The van der Waals surface area contributed by atoms with Crippen molar-refractivity contribution >= 4 is 16.6 Å². The van der Waals surface area contributed by atoms with E-state index in [1.807, 2.05) is 58.9 Å². The molecule has 7 heteroatoms. The SMILES string of the molecule is CC(C)n1c(=O)c2c(-c3noc(C(C)(C)C)n3)ncn2c2ccccc21. The van der Waals surface area contributed by atoms with E-state index >= 15 is 0 Å². The second kappa shape index (κ2) is 5.52. The van der Waals surface area contributed by atoms with E-state index in [1.165, 1.54) is 0 Å². The molecule has 0 aliphatic heterocycles. The zero-order valence-electron chi connectivity index (χ0n) is 15.5. The third-order valence-electron chi connectivity index (χ3n) is 4.39. The monoisotopic (exact) mass is 351 g/mol. The Morgan fingerprint density at radius 3 is 2.42 bits per heavy atom. The summed E-state index contributed by atoms with van der Waals surface area (Å²) in [6.45, 7) is 9.97. The number of benzene rings is 1. The van der Waals surface area contributed by atoms with Gasteiger partial charge in [-0.2, -0.15) is 4.98 Å². The molecule has 4 aromatic rings. The summed E-state index contributed by atoms with van der Waals surface area (Å²) >= 11 is 0. The highest BCUT2D eigenvalue weighted by atomic mass is 16.5. The average molecular weight is 351 g/mol. The Morgan fingerprint density at radius 2 is 1.81 bits per heavy atom. The normalized spacial score (nSPS) is 12.5. The molecule has 0 amide bonds. The van der Waals surface area contributed by atoms with Crippen LogP contribution in [0.3, 0.4) is 0 Å². The summed E-state index contributed by atoms with van der Waals surface area (Å²) in [6.07, 6.45) is 1.65. The van der Waals surface area contributed by atoms with Crippen LogP contribution < -0.4 is 5.56 Å². The van der Waals surface area contributed by atoms with Crippen molar-refractivity contribution in [3.63, 3.8) is 0 Å². The Kier molecular flexibility index (Phi) is 3.50. The summed E-state index contributed by atoms with van der Waals surface area (Å²) in [5, 5.41) is 4.06. The maximum absolute atomic E-state index is 13.3. The second-order valence-electron chi connectivity index (χ2n) is 7.74. The van der Waals surface area contributed by atoms with Crippen molar-refractivity contribution < 1.29 is 4.52 Å². The highest BCUT2D eigenvalue weighted by Gasteiger charge is 2.25. The first kappa shape index (κ1) is 16.5. The summed E-state index contributed by atoms with van der Waals surface area (Å²) in [6, 6.07) is 7.81. The van der Waals surface area contributed by atoms with E-state index in [2.05, 4.69) is 15.1 Å². The summed E-state index contributed by atoms with van der Waals surface area (Å²) in [5.74, 6) is 0.846. The summed E-state index contributed by atoms with van der Waals surface area (Å²) < 4.78 is 8.97. The molecular weight excluding hydrogens is 330 g/mol. The van der Waals surface area contributed by atoms with Crippen LogP contribution in [0, 0.1) is 0 Å². The number of hydrogen-bond donors (Lipinski definition) is 0. The summed E-state index contributed by atoms with van der Waals surface area (Å²) in [7, 11) is 0. The number of hydrogen-bond acceptors (Lipinski definition) is 5. The van der Waals surface area contributed by atoms with Crippen molar-refractivity contribution in [1.82, 2.24) is 24.1 Å². The van der Waals surface area contributed by atoms with Gasteiger partial charge < -0.3 is 9.09 Å². The van der Waals surface area contributed by atoms with Gasteiger partial charge in [0.05, 0.1) is 11.0 Å². The topological polar surface area (TPSA) is 78.2 Å². The standard InChI is InChI=1S/C19H21N5O2/c1-11(2)24-13-9-7-6-8-12(13)23-10-20-14(15(23)17(24)25)16-21-18(26-22-16)19(3,4)5/h6-11H,1-5H3. The molecular formula is C19H21N5O2. The smallest absolute Gasteiger partial charge is 0.278 e. The average Bonchev–Trinajstić information content (AvgIpc) is 3.21. The quantitative estimate of drug-likeness (QED) is 0.551. The zero-order chi connectivity index (χ0) is 18.6. The Balaban J connectivity index is 2.08. The minimum absolute atomic E-state index is 0.00977. The van der Waals surface area contributed by atoms with Gasteiger partial charge in [0, 0.05) is 11.5 Å². The largest absolute Gasteiger partial charge is 0.338 e. The Hall–Kier alpha value is -2.96. The Bertz CT molecular complexity index is 1170. The minimum atomic E-state index is -0.272. The number of rotatable bonds is 2. The molecule has 7 nitrogen and oxygen atoms in total. The van der Waals surface area contributed by atoms with Gasteiger partial charge in [-0.15, -0.1) is 0 Å². The molecule has 4 rings (SSSR count). The van der Waals surface area contributed by atoms with Gasteiger partial charge in [0.15, 0.2) is 0 Å². The molecule has 0 fully saturated rings. The molecule has 0 saturated carbocycles. The van der Waals surface area contributed by atoms with Crippen molar-refractivity contribution in [1.29, 1.82) is 0 Å². The first-order chi connectivity index (χ1) is 12.3. The van der Waals surface area contributed by atoms with Crippen molar-refractivity contribution in [3.05, 3.63) is 46.8 Å².